The van der Waals surface area contributed by atoms with Gasteiger partial charge in [0.1, 0.15) is 13.8 Å². The molecule has 1 N–H and O–H groups in total. The van der Waals surface area contributed by atoms with Crippen LogP contribution in [0.3, 0.4) is 0 Å². The molecular formula is C74H53Br2N2NaO2Si. The van der Waals surface area contributed by atoms with Crippen molar-refractivity contribution in [2.45, 2.75) is 19.6 Å². The smallest absolute Gasteiger partial charge is 0.870 e. The van der Waals surface area contributed by atoms with Crippen molar-refractivity contribution < 1.29 is 39.8 Å². The minimum Gasteiger partial charge on any atom is -0.870 e. The number of carbonyl (C=O) groups is 1. The summed E-state index contributed by atoms with van der Waals surface area (Å²) in [5.74, 6) is 3.19. The molecule has 0 aliphatic heterocycles. The first-order valence-corrected chi connectivity index (χ1v) is 31.8. The molecule has 0 unspecified atom stereocenters. The molecule has 0 saturated carbocycles. The van der Waals surface area contributed by atoms with Crippen LogP contribution in [0.1, 0.15) is 16.8 Å². The van der Waals surface area contributed by atoms with Gasteiger partial charge in [0.25, 0.3) is 0 Å². The number of aromatic nitrogens is 2. The molecule has 390 valence electrons. The van der Waals surface area contributed by atoms with Gasteiger partial charge in [-0.25, -0.2) is 4.98 Å². The molecule has 11 aromatic carbocycles. The zero-order valence-electron chi connectivity index (χ0n) is 45.8. The minimum absolute atomic E-state index is 0. The van der Waals surface area contributed by atoms with E-state index in [1.807, 2.05) is 79.0 Å². The summed E-state index contributed by atoms with van der Waals surface area (Å²) >= 11 is 6.90. The number of pyridine rings is 2. The van der Waals surface area contributed by atoms with Crippen LogP contribution in [-0.2, 0) is 4.79 Å². The molecule has 14 rings (SSSR count). The molecule has 0 radical (unpaired) electrons. The van der Waals surface area contributed by atoms with Crippen molar-refractivity contribution in [1.29, 1.82) is 0 Å². The van der Waals surface area contributed by atoms with Crippen LogP contribution in [0.4, 0.5) is 0 Å². The van der Waals surface area contributed by atoms with E-state index in [9.17, 15) is 4.79 Å². The van der Waals surface area contributed by atoms with E-state index < -0.39 is 8.07 Å². The van der Waals surface area contributed by atoms with E-state index >= 15 is 0 Å². The first-order valence-electron chi connectivity index (χ1n) is 26.7. The molecule has 0 bridgehead atoms. The van der Waals surface area contributed by atoms with Crippen LogP contribution in [0.15, 0.2) is 270 Å². The van der Waals surface area contributed by atoms with Gasteiger partial charge in [-0.1, -0.05) is 244 Å². The van der Waals surface area contributed by atoms with Crippen LogP contribution in [0.25, 0.3) is 98.5 Å². The zero-order chi connectivity index (χ0) is 54.7. The van der Waals surface area contributed by atoms with Crippen LogP contribution in [0.2, 0.25) is 19.6 Å². The quantitative estimate of drug-likeness (QED) is 0.0978. The first kappa shape index (κ1) is 57.4. The molecule has 0 fully saturated rings. The van der Waals surface area contributed by atoms with Crippen LogP contribution in [0, 0.1) is 11.5 Å². The molecule has 8 heteroatoms. The van der Waals surface area contributed by atoms with Crippen molar-refractivity contribution >= 4 is 111 Å². The number of benzene rings is 11. The Labute approximate surface area is 517 Å². The monoisotopic (exact) mass is 1210 g/mol. The Kier molecular flexibility index (Phi) is 17.6. The summed E-state index contributed by atoms with van der Waals surface area (Å²) in [5.41, 5.74) is 14.6. The van der Waals surface area contributed by atoms with Gasteiger partial charge in [-0.3, -0.25) is 9.78 Å². The van der Waals surface area contributed by atoms with Crippen LogP contribution in [0.5, 0.6) is 0 Å². The van der Waals surface area contributed by atoms with Crippen molar-refractivity contribution in [2.75, 3.05) is 0 Å². The molecule has 1 aliphatic carbocycles. The fourth-order valence-corrected chi connectivity index (χ4v) is 12.0. The molecular weight excluding hydrogens is 1160 g/mol. The molecule has 2 aromatic heterocycles. The van der Waals surface area contributed by atoms with Crippen molar-refractivity contribution in [1.82, 2.24) is 9.97 Å². The van der Waals surface area contributed by atoms with Gasteiger partial charge < -0.3 is 5.48 Å². The number of carbonyl (C=O) groups excluding carboxylic acids is 1. The van der Waals surface area contributed by atoms with Gasteiger partial charge in [0.15, 0.2) is 5.78 Å². The van der Waals surface area contributed by atoms with Crippen LogP contribution >= 0.6 is 31.9 Å². The Morgan fingerprint density at radius 3 is 1.20 bits per heavy atom. The molecule has 82 heavy (non-hydrogen) atoms. The Morgan fingerprint density at radius 1 is 0.390 bits per heavy atom. The second-order valence-corrected chi connectivity index (χ2v) is 27.4. The SMILES string of the molecule is Brc1ccc(-c2cc(-c3ccccc3)c3c4ccccc4c4ccccc4c3c2-c2ccccc2)nc1.C[Si](C)(C)C#Cc1ccc(Br)cn1.O=C1C(c2ccccc2)=c2c(c3ccccc3c3ccccc23)=C1c1ccccc1.[Na+].[OH-]. The number of rotatable bonds is 5. The second-order valence-electron chi connectivity index (χ2n) is 20.8. The normalized spacial score (nSPS) is 11.6. The summed E-state index contributed by atoms with van der Waals surface area (Å²) in [6.07, 6.45) is 3.66. The second kappa shape index (κ2) is 25.1. The molecule has 4 nitrogen and oxygen atoms in total. The summed E-state index contributed by atoms with van der Waals surface area (Å²) in [6.45, 7) is 6.66. The predicted molar refractivity (Wildman–Crippen MR) is 348 cm³/mol. The third-order valence-corrected chi connectivity index (χ3v) is 16.3. The number of fused-ring (bicyclic) bond motifs is 12. The number of Topliss-reactive ketones (excluding diaryl/α,β-unsaturated/α-hetero) is 1. The summed E-state index contributed by atoms with van der Waals surface area (Å²) in [5, 5.41) is 14.3. The van der Waals surface area contributed by atoms with Gasteiger partial charge >= 0.3 is 29.6 Å². The van der Waals surface area contributed by atoms with E-state index in [4.69, 9.17) is 4.98 Å². The summed E-state index contributed by atoms with van der Waals surface area (Å²) < 4.78 is 1.96. The third-order valence-electron chi connectivity index (χ3n) is 14.5. The molecule has 13 aromatic rings. The summed E-state index contributed by atoms with van der Waals surface area (Å²) in [6, 6.07) is 86.5. The maximum Gasteiger partial charge on any atom is 1.00 e. The third kappa shape index (κ3) is 11.5. The first-order chi connectivity index (χ1) is 39.1. The summed E-state index contributed by atoms with van der Waals surface area (Å²) in [4.78, 5) is 23.0. The summed E-state index contributed by atoms with van der Waals surface area (Å²) in [7, 11) is -1.27. The fourth-order valence-electron chi connectivity index (χ4n) is 11.1. The van der Waals surface area contributed by atoms with Gasteiger partial charge in [0.05, 0.1) is 5.69 Å². The number of ketones is 1. The van der Waals surface area contributed by atoms with Crippen molar-refractivity contribution in [3.63, 3.8) is 0 Å². The largest absolute Gasteiger partial charge is 1.00 e. The minimum atomic E-state index is -1.27. The molecule has 2 heterocycles. The van der Waals surface area contributed by atoms with Crippen LogP contribution in [-0.4, -0.2) is 29.3 Å². The number of nitrogens with zero attached hydrogens (tertiary/aromatic N) is 2. The van der Waals surface area contributed by atoms with E-state index in [0.29, 0.717) is 0 Å². The van der Waals surface area contributed by atoms with Crippen molar-refractivity contribution in [3.8, 4) is 45.0 Å². The van der Waals surface area contributed by atoms with E-state index in [-0.39, 0.29) is 40.8 Å². The molecule has 0 amide bonds. The fraction of sp³-hybridized carbons (Fsp3) is 0.0405. The molecule has 0 spiro atoms. The van der Waals surface area contributed by atoms with Gasteiger partial charge in [0.2, 0.25) is 0 Å². The Morgan fingerprint density at radius 2 is 0.768 bits per heavy atom. The maximum absolute atomic E-state index is 14.0. The standard InChI is InChI=1S/C35H22BrN.C29H18O.C10H12BrNSi.Na.H2O/c36-25-19-20-32(37-22-25)31-21-30(23-11-3-1-4-12-23)34-28-17-9-7-15-26(28)27-16-8-10-18-29(27)35(34)33(31)24-13-5-2-6-14-24;30-29-25(19-11-3-1-4-12-19)27-23-17-9-7-15-21(23)22-16-8-10-18-24(22)28(27)26(29)20-13-5-2-6-14-20;1-13(2,3)7-6-10-5-4-9(11)8-12-10;;/h1-22H;1-18H;4-5,8H,1-3H3;;1H2/q;;;+1;/p-1. The maximum atomic E-state index is 14.0. The number of halogens is 2. The van der Waals surface area contributed by atoms with E-state index in [0.717, 1.165) is 69.4 Å². The predicted octanol–water partition coefficient (Wildman–Crippen LogP) is 15.2. The van der Waals surface area contributed by atoms with Gasteiger partial charge in [-0.2, -0.15) is 0 Å². The average molecular weight is 1210 g/mol. The molecule has 1 aliphatic rings. The Balaban J connectivity index is 0.000000150. The molecule has 0 atom stereocenters. The van der Waals surface area contributed by atoms with Crippen molar-refractivity contribution in [3.05, 3.63) is 297 Å². The van der Waals surface area contributed by atoms with Gasteiger partial charge in [-0.05, 0) is 149 Å². The Bertz CT molecular complexity index is 4580. The Hall–Kier alpha value is -7.87. The van der Waals surface area contributed by atoms with E-state index in [2.05, 4.69) is 244 Å². The number of hydrogen-bond acceptors (Lipinski definition) is 4. The van der Waals surface area contributed by atoms with Crippen molar-refractivity contribution in [2.24, 2.45) is 0 Å². The van der Waals surface area contributed by atoms with Gasteiger partial charge in [-0.15, -0.1) is 5.54 Å². The number of hydrogen-bond donors (Lipinski definition) is 0. The topological polar surface area (TPSA) is 72.8 Å². The van der Waals surface area contributed by atoms with E-state index in [1.54, 1.807) is 6.20 Å². The van der Waals surface area contributed by atoms with E-state index in [1.165, 1.54) is 65.3 Å². The zero-order valence-corrected chi connectivity index (χ0v) is 52.0. The van der Waals surface area contributed by atoms with Gasteiger partial charge in [0, 0.05) is 48.5 Å². The molecule has 0 saturated heterocycles. The van der Waals surface area contributed by atoms with Crippen LogP contribution < -0.4 is 40.0 Å². The average Bonchev–Trinajstić information content (AvgIpc) is 3.55.